The molecule has 156 valence electrons. The molecule has 2 saturated heterocycles. The summed E-state index contributed by atoms with van der Waals surface area (Å²) in [6.07, 6.45) is -1.87. The summed E-state index contributed by atoms with van der Waals surface area (Å²) in [5, 5.41) is 0. The third-order valence-corrected chi connectivity index (χ3v) is 5.21. The summed E-state index contributed by atoms with van der Waals surface area (Å²) in [5.41, 5.74) is 0.720. The Kier molecular flexibility index (Phi) is 5.99. The first-order valence-corrected chi connectivity index (χ1v) is 9.88. The van der Waals surface area contributed by atoms with Gasteiger partial charge in [-0.15, -0.1) is 0 Å². The van der Waals surface area contributed by atoms with Crippen molar-refractivity contribution in [2.45, 2.75) is 56.9 Å². The second-order valence-corrected chi connectivity index (χ2v) is 7.98. The van der Waals surface area contributed by atoms with Crippen molar-refractivity contribution in [2.75, 3.05) is 13.3 Å². The van der Waals surface area contributed by atoms with Crippen molar-refractivity contribution in [3.63, 3.8) is 0 Å². The average Bonchev–Trinajstić information content (AvgIpc) is 3.17. The van der Waals surface area contributed by atoms with E-state index in [1.54, 1.807) is 0 Å². The summed E-state index contributed by atoms with van der Waals surface area (Å²) < 4.78 is 44.2. The first-order valence-electron chi connectivity index (χ1n) is 9.88. The van der Waals surface area contributed by atoms with Crippen LogP contribution in [0.2, 0.25) is 0 Å². The summed E-state index contributed by atoms with van der Waals surface area (Å²) in [7, 11) is 0. The Bertz CT molecular complexity index is 784. The summed E-state index contributed by atoms with van der Waals surface area (Å²) in [6.45, 7) is 3.58. The van der Waals surface area contributed by atoms with Gasteiger partial charge in [-0.2, -0.15) is 0 Å². The molecule has 2 aromatic carbocycles. The van der Waals surface area contributed by atoms with Gasteiger partial charge in [-0.25, -0.2) is 4.39 Å². The number of fused-ring (bicyclic) bond motifs is 1. The molecule has 0 N–H and O–H groups in total. The highest BCUT2D eigenvalue weighted by Crippen LogP contribution is 2.44. The summed E-state index contributed by atoms with van der Waals surface area (Å²) in [4.78, 5) is 0. The number of hydrogen-bond acceptors (Lipinski definition) is 5. The maximum atomic E-state index is 14.4. The standard InChI is InChI=1S/C23H27FO5/c1-22(2)27-19-20(26-14-18-11-7-4-8-12-18)23(15-24,29-21(19)28-22)16-25-13-17-9-5-3-6-10-17/h3-12,19-21H,13-16H2,1-2H3. The molecule has 0 spiro atoms. The van der Waals surface area contributed by atoms with E-state index >= 15 is 0 Å². The number of ether oxygens (including phenoxy) is 5. The summed E-state index contributed by atoms with van der Waals surface area (Å²) in [5.74, 6) is -0.808. The van der Waals surface area contributed by atoms with Crippen LogP contribution in [0.4, 0.5) is 4.39 Å². The lowest BCUT2D eigenvalue weighted by molar-refractivity contribution is -0.257. The predicted molar refractivity (Wildman–Crippen MR) is 105 cm³/mol. The number of hydrogen-bond donors (Lipinski definition) is 0. The molecule has 2 heterocycles. The van der Waals surface area contributed by atoms with Crippen LogP contribution in [-0.4, -0.2) is 43.2 Å². The maximum absolute atomic E-state index is 14.4. The number of halogens is 1. The van der Waals surface area contributed by atoms with E-state index in [1.807, 2.05) is 74.5 Å². The van der Waals surface area contributed by atoms with E-state index in [4.69, 9.17) is 23.7 Å². The zero-order valence-corrected chi connectivity index (χ0v) is 16.8. The quantitative estimate of drug-likeness (QED) is 0.668. The van der Waals surface area contributed by atoms with Crippen molar-refractivity contribution in [1.29, 1.82) is 0 Å². The number of rotatable bonds is 8. The lowest BCUT2D eigenvalue weighted by atomic mass is 9.97. The molecule has 2 aliphatic rings. The Hall–Kier alpha value is -1.83. The topological polar surface area (TPSA) is 46.2 Å². The Morgan fingerprint density at radius 3 is 2.10 bits per heavy atom. The zero-order chi connectivity index (χ0) is 20.3. The fraction of sp³-hybridized carbons (Fsp3) is 0.478. The van der Waals surface area contributed by atoms with E-state index in [-0.39, 0.29) is 6.61 Å². The average molecular weight is 402 g/mol. The lowest BCUT2D eigenvalue weighted by Crippen LogP contribution is -2.51. The van der Waals surface area contributed by atoms with Crippen molar-refractivity contribution in [2.24, 2.45) is 0 Å². The summed E-state index contributed by atoms with van der Waals surface area (Å²) in [6, 6.07) is 19.5. The van der Waals surface area contributed by atoms with E-state index in [2.05, 4.69) is 0 Å². The highest BCUT2D eigenvalue weighted by Gasteiger charge is 2.63. The van der Waals surface area contributed by atoms with Crippen LogP contribution in [0.25, 0.3) is 0 Å². The molecule has 0 aliphatic carbocycles. The highest BCUT2D eigenvalue weighted by molar-refractivity contribution is 5.15. The molecule has 29 heavy (non-hydrogen) atoms. The van der Waals surface area contributed by atoms with Crippen LogP contribution in [0.5, 0.6) is 0 Å². The Morgan fingerprint density at radius 1 is 0.862 bits per heavy atom. The van der Waals surface area contributed by atoms with Gasteiger partial charge in [-0.1, -0.05) is 60.7 Å². The van der Waals surface area contributed by atoms with E-state index < -0.39 is 36.6 Å². The Morgan fingerprint density at radius 2 is 1.48 bits per heavy atom. The van der Waals surface area contributed by atoms with Gasteiger partial charge in [0.1, 0.15) is 18.9 Å². The van der Waals surface area contributed by atoms with Crippen LogP contribution in [0.15, 0.2) is 60.7 Å². The minimum atomic E-state index is -1.28. The lowest BCUT2D eigenvalue weighted by Gasteiger charge is -2.34. The van der Waals surface area contributed by atoms with Gasteiger partial charge in [-0.05, 0) is 25.0 Å². The highest BCUT2D eigenvalue weighted by atomic mass is 19.1. The van der Waals surface area contributed by atoms with Crippen molar-refractivity contribution in [3.05, 3.63) is 71.8 Å². The Balaban J connectivity index is 1.48. The normalized spacial score (nSPS) is 30.4. The van der Waals surface area contributed by atoms with E-state index in [9.17, 15) is 4.39 Å². The van der Waals surface area contributed by atoms with Gasteiger partial charge in [0.25, 0.3) is 0 Å². The smallest absolute Gasteiger partial charge is 0.190 e. The van der Waals surface area contributed by atoms with Gasteiger partial charge in [0.15, 0.2) is 17.7 Å². The van der Waals surface area contributed by atoms with Crippen molar-refractivity contribution >= 4 is 0 Å². The molecular weight excluding hydrogens is 375 g/mol. The third kappa shape index (κ3) is 4.52. The molecule has 4 atom stereocenters. The minimum absolute atomic E-state index is 0.0397. The van der Waals surface area contributed by atoms with Crippen LogP contribution >= 0.6 is 0 Å². The molecule has 4 rings (SSSR count). The second-order valence-electron chi connectivity index (χ2n) is 7.98. The van der Waals surface area contributed by atoms with Gasteiger partial charge < -0.3 is 23.7 Å². The SMILES string of the molecule is CC1(C)OC2OC(CF)(COCc3ccccc3)C(OCc3ccccc3)C2O1. The number of alkyl halides is 1. The van der Waals surface area contributed by atoms with Crippen molar-refractivity contribution < 1.29 is 28.1 Å². The van der Waals surface area contributed by atoms with E-state index in [0.717, 1.165) is 11.1 Å². The van der Waals surface area contributed by atoms with Crippen molar-refractivity contribution in [3.8, 4) is 0 Å². The largest absolute Gasteiger partial charge is 0.374 e. The third-order valence-electron chi connectivity index (χ3n) is 5.21. The molecule has 0 saturated carbocycles. The molecule has 2 fully saturated rings. The molecule has 2 aliphatic heterocycles. The van der Waals surface area contributed by atoms with Crippen molar-refractivity contribution in [1.82, 2.24) is 0 Å². The van der Waals surface area contributed by atoms with Crippen LogP contribution in [0.1, 0.15) is 25.0 Å². The second kappa shape index (κ2) is 8.50. The van der Waals surface area contributed by atoms with Gasteiger partial charge in [0.2, 0.25) is 0 Å². The van der Waals surface area contributed by atoms with Gasteiger partial charge >= 0.3 is 0 Å². The van der Waals surface area contributed by atoms with Gasteiger partial charge in [-0.3, -0.25) is 0 Å². The maximum Gasteiger partial charge on any atom is 0.190 e. The number of benzene rings is 2. The molecule has 4 unspecified atom stereocenters. The molecule has 0 amide bonds. The van der Waals surface area contributed by atoms with Crippen LogP contribution in [-0.2, 0) is 36.9 Å². The first kappa shape index (κ1) is 20.4. The monoisotopic (exact) mass is 402 g/mol. The van der Waals surface area contributed by atoms with Crippen LogP contribution in [0.3, 0.4) is 0 Å². The van der Waals surface area contributed by atoms with Gasteiger partial charge in [0.05, 0.1) is 19.8 Å². The molecular formula is C23H27FO5. The minimum Gasteiger partial charge on any atom is -0.374 e. The van der Waals surface area contributed by atoms with E-state index in [0.29, 0.717) is 13.2 Å². The molecule has 5 nitrogen and oxygen atoms in total. The van der Waals surface area contributed by atoms with Crippen LogP contribution in [0, 0.1) is 0 Å². The fourth-order valence-electron chi connectivity index (χ4n) is 3.84. The summed E-state index contributed by atoms with van der Waals surface area (Å²) >= 11 is 0. The molecule has 2 aromatic rings. The Labute approximate surface area is 170 Å². The fourth-order valence-corrected chi connectivity index (χ4v) is 3.84. The molecule has 0 aromatic heterocycles. The molecule has 6 heteroatoms. The predicted octanol–water partition coefficient (Wildman–Crippen LogP) is 4.00. The van der Waals surface area contributed by atoms with Gasteiger partial charge in [0, 0.05) is 0 Å². The van der Waals surface area contributed by atoms with E-state index in [1.165, 1.54) is 0 Å². The first-order chi connectivity index (χ1) is 14.0. The molecule has 0 bridgehead atoms. The van der Waals surface area contributed by atoms with Crippen LogP contribution < -0.4 is 0 Å². The molecule has 0 radical (unpaired) electrons. The zero-order valence-electron chi connectivity index (χ0n) is 16.8.